The minimum absolute atomic E-state index is 0.0102. The fourth-order valence-electron chi connectivity index (χ4n) is 4.85. The van der Waals surface area contributed by atoms with Crippen LogP contribution in [0.4, 0.5) is 5.00 Å². The fraction of sp³-hybridized carbons (Fsp3) is 0.538. The molecule has 1 aliphatic carbocycles. The maximum absolute atomic E-state index is 12.8. The minimum atomic E-state index is -0.0102. The Hall–Kier alpha value is -2.20. The second-order valence-electron chi connectivity index (χ2n) is 10.2. The van der Waals surface area contributed by atoms with Gasteiger partial charge >= 0.3 is 0 Å². The molecule has 1 fully saturated rings. The summed E-state index contributed by atoms with van der Waals surface area (Å²) in [6, 6.07) is 12.9. The van der Waals surface area contributed by atoms with Crippen molar-refractivity contribution in [2.75, 3.05) is 38.0 Å². The largest absolute Gasteiger partial charge is 0.315 e. The van der Waals surface area contributed by atoms with E-state index in [1.54, 1.807) is 11.3 Å². The number of rotatable bonds is 5. The second-order valence-corrected chi connectivity index (χ2v) is 11.3. The summed E-state index contributed by atoms with van der Waals surface area (Å²) in [5, 5.41) is 13.6. The maximum atomic E-state index is 12.8. The summed E-state index contributed by atoms with van der Waals surface area (Å²) < 4.78 is 0. The summed E-state index contributed by atoms with van der Waals surface area (Å²) in [7, 11) is 0. The molecule has 2 aliphatic rings. The lowest BCUT2D eigenvalue weighted by Crippen LogP contribution is -2.48. The molecular formula is C26H34N4OS. The molecule has 1 amide bonds. The molecule has 0 radical (unpaired) electrons. The van der Waals surface area contributed by atoms with Crippen LogP contribution in [-0.2, 0) is 24.2 Å². The first kappa shape index (κ1) is 23.0. The molecule has 2 aromatic rings. The van der Waals surface area contributed by atoms with E-state index in [4.69, 9.17) is 0 Å². The van der Waals surface area contributed by atoms with E-state index in [0.717, 1.165) is 57.0 Å². The number of hydrogen-bond acceptors (Lipinski definition) is 5. The van der Waals surface area contributed by atoms with Gasteiger partial charge in [-0.1, -0.05) is 51.1 Å². The predicted octanol–water partition coefficient (Wildman–Crippen LogP) is 4.53. The summed E-state index contributed by atoms with van der Waals surface area (Å²) >= 11 is 1.62. The summed E-state index contributed by atoms with van der Waals surface area (Å²) in [5.41, 5.74) is 3.46. The zero-order chi connectivity index (χ0) is 22.7. The highest BCUT2D eigenvalue weighted by Gasteiger charge is 2.32. The molecule has 2 heterocycles. The quantitative estimate of drug-likeness (QED) is 0.727. The van der Waals surface area contributed by atoms with Crippen molar-refractivity contribution in [3.63, 3.8) is 0 Å². The van der Waals surface area contributed by atoms with E-state index in [-0.39, 0.29) is 11.3 Å². The lowest BCUT2D eigenvalue weighted by molar-refractivity contribution is -0.117. The average Bonchev–Trinajstić information content (AvgIpc) is 3.11. The van der Waals surface area contributed by atoms with Gasteiger partial charge in [-0.15, -0.1) is 11.3 Å². The maximum Gasteiger partial charge on any atom is 0.239 e. The first-order valence-electron chi connectivity index (χ1n) is 11.7. The van der Waals surface area contributed by atoms with E-state index in [9.17, 15) is 10.1 Å². The van der Waals surface area contributed by atoms with Crippen molar-refractivity contribution in [1.82, 2.24) is 9.80 Å². The average molecular weight is 451 g/mol. The van der Waals surface area contributed by atoms with Crippen LogP contribution >= 0.6 is 11.3 Å². The van der Waals surface area contributed by atoms with Gasteiger partial charge in [-0.05, 0) is 41.7 Å². The van der Waals surface area contributed by atoms with Crippen molar-refractivity contribution in [1.29, 1.82) is 5.26 Å². The van der Waals surface area contributed by atoms with E-state index < -0.39 is 0 Å². The van der Waals surface area contributed by atoms with Crippen LogP contribution in [0.25, 0.3) is 0 Å². The van der Waals surface area contributed by atoms with Crippen LogP contribution in [0.15, 0.2) is 30.3 Å². The number of nitrogens with one attached hydrogen (secondary N) is 1. The Bertz CT molecular complexity index is 978. The molecule has 1 unspecified atom stereocenters. The van der Waals surface area contributed by atoms with E-state index in [2.05, 4.69) is 66.2 Å². The lowest BCUT2D eigenvalue weighted by atomic mass is 9.72. The number of amides is 1. The van der Waals surface area contributed by atoms with Crippen molar-refractivity contribution in [3.05, 3.63) is 51.9 Å². The highest BCUT2D eigenvalue weighted by atomic mass is 32.1. The number of hydrogen-bond donors (Lipinski definition) is 1. The van der Waals surface area contributed by atoms with E-state index in [0.29, 0.717) is 18.0 Å². The number of carbonyl (C=O) groups excluding carboxylic acids is 1. The topological polar surface area (TPSA) is 59.4 Å². The van der Waals surface area contributed by atoms with Gasteiger partial charge in [0.15, 0.2) is 0 Å². The third-order valence-electron chi connectivity index (χ3n) is 6.94. The van der Waals surface area contributed by atoms with Gasteiger partial charge in [0.05, 0.1) is 12.1 Å². The Kier molecular flexibility index (Phi) is 6.99. The van der Waals surface area contributed by atoms with E-state index in [1.807, 2.05) is 6.07 Å². The molecule has 1 N–H and O–H groups in total. The highest BCUT2D eigenvalue weighted by molar-refractivity contribution is 7.16. The predicted molar refractivity (Wildman–Crippen MR) is 131 cm³/mol. The Morgan fingerprint density at radius 1 is 1.16 bits per heavy atom. The van der Waals surface area contributed by atoms with Gasteiger partial charge in [0.1, 0.15) is 11.1 Å². The van der Waals surface area contributed by atoms with Crippen LogP contribution in [0.1, 0.15) is 48.8 Å². The molecule has 32 heavy (non-hydrogen) atoms. The number of thiophene rings is 1. The van der Waals surface area contributed by atoms with Gasteiger partial charge < -0.3 is 5.32 Å². The fourth-order valence-corrected chi connectivity index (χ4v) is 6.14. The molecule has 1 saturated heterocycles. The van der Waals surface area contributed by atoms with E-state index in [1.165, 1.54) is 16.0 Å². The zero-order valence-electron chi connectivity index (χ0n) is 19.5. The minimum Gasteiger partial charge on any atom is -0.315 e. The van der Waals surface area contributed by atoms with Gasteiger partial charge in [-0.25, -0.2) is 0 Å². The lowest BCUT2D eigenvalue weighted by Gasteiger charge is -2.34. The van der Waals surface area contributed by atoms with Crippen molar-refractivity contribution in [3.8, 4) is 6.07 Å². The summed E-state index contributed by atoms with van der Waals surface area (Å²) in [5.74, 6) is 0.611. The first-order valence-corrected chi connectivity index (χ1v) is 12.5. The first-order chi connectivity index (χ1) is 15.3. The van der Waals surface area contributed by atoms with Crippen molar-refractivity contribution in [2.45, 2.75) is 46.6 Å². The van der Waals surface area contributed by atoms with Gasteiger partial charge in [-0.2, -0.15) is 5.26 Å². The van der Waals surface area contributed by atoms with Crippen molar-refractivity contribution in [2.24, 2.45) is 11.3 Å². The number of carbonyl (C=O) groups is 1. The Labute approximate surface area is 196 Å². The van der Waals surface area contributed by atoms with Crippen molar-refractivity contribution >= 4 is 22.2 Å². The molecule has 6 heteroatoms. The summed E-state index contributed by atoms with van der Waals surface area (Å²) in [6.45, 7) is 11.9. The molecule has 1 aliphatic heterocycles. The number of fused-ring (bicyclic) bond motifs is 1. The SMILES string of the molecule is CC(C)(C)C1CCc2c(sc(NC(=O)CN3CCN(Cc4ccccc4)CC3)c2C#N)C1. The summed E-state index contributed by atoms with van der Waals surface area (Å²) in [4.78, 5) is 18.7. The standard InChI is InChI=1S/C26H34N4OS/c1-26(2,3)20-9-10-21-22(16-27)25(32-23(21)15-20)28-24(31)18-30-13-11-29(12-14-30)17-19-7-5-4-6-8-19/h4-8,20H,9-15,17-18H2,1-3H3,(H,28,31). The monoisotopic (exact) mass is 450 g/mol. The molecule has 4 rings (SSSR count). The van der Waals surface area contributed by atoms with Gasteiger partial charge in [0.2, 0.25) is 5.91 Å². The second kappa shape index (κ2) is 9.74. The third kappa shape index (κ3) is 5.40. The molecule has 1 aromatic carbocycles. The number of piperazine rings is 1. The summed E-state index contributed by atoms with van der Waals surface area (Å²) in [6.07, 6.45) is 3.07. The normalized spacial score (nSPS) is 19.9. The Balaban J connectivity index is 1.31. The van der Waals surface area contributed by atoms with Crippen LogP contribution in [0.2, 0.25) is 0 Å². The molecule has 0 saturated carbocycles. The van der Waals surface area contributed by atoms with Crippen LogP contribution in [0.3, 0.4) is 0 Å². The molecule has 1 atom stereocenters. The number of anilines is 1. The Morgan fingerprint density at radius 3 is 2.50 bits per heavy atom. The number of benzene rings is 1. The van der Waals surface area contributed by atoms with Crippen LogP contribution < -0.4 is 5.32 Å². The molecular weight excluding hydrogens is 416 g/mol. The third-order valence-corrected chi connectivity index (χ3v) is 8.11. The van der Waals surface area contributed by atoms with Gasteiger partial charge in [-0.3, -0.25) is 14.6 Å². The molecule has 0 spiro atoms. The molecule has 0 bridgehead atoms. The highest BCUT2D eigenvalue weighted by Crippen LogP contribution is 2.43. The van der Waals surface area contributed by atoms with Crippen molar-refractivity contribution < 1.29 is 4.79 Å². The number of nitrogens with zero attached hydrogens (tertiary/aromatic N) is 3. The van der Waals surface area contributed by atoms with Crippen LogP contribution in [-0.4, -0.2) is 48.4 Å². The smallest absolute Gasteiger partial charge is 0.239 e. The van der Waals surface area contributed by atoms with Gasteiger partial charge in [0.25, 0.3) is 0 Å². The molecule has 170 valence electrons. The Morgan fingerprint density at radius 2 is 1.84 bits per heavy atom. The van der Waals surface area contributed by atoms with Crippen LogP contribution in [0.5, 0.6) is 0 Å². The molecule has 1 aromatic heterocycles. The van der Waals surface area contributed by atoms with E-state index >= 15 is 0 Å². The zero-order valence-corrected chi connectivity index (χ0v) is 20.3. The van der Waals surface area contributed by atoms with Gasteiger partial charge in [0, 0.05) is 37.6 Å². The van der Waals surface area contributed by atoms with Crippen LogP contribution in [0, 0.1) is 22.7 Å². The number of nitriles is 1. The molecule has 5 nitrogen and oxygen atoms in total.